The fourth-order valence-corrected chi connectivity index (χ4v) is 2.00. The van der Waals surface area contributed by atoms with Crippen LogP contribution >= 0.6 is 0 Å². The largest absolute Gasteiger partial charge is 0.481 e. The topological polar surface area (TPSA) is 62.1 Å². The first-order chi connectivity index (χ1) is 10.1. The lowest BCUT2D eigenvalue weighted by atomic mass is 10.1. The van der Waals surface area contributed by atoms with Crippen molar-refractivity contribution in [2.75, 3.05) is 0 Å². The summed E-state index contributed by atoms with van der Waals surface area (Å²) >= 11 is 0. The van der Waals surface area contributed by atoms with Gasteiger partial charge >= 0.3 is 0 Å². The number of rotatable bonds is 8. The predicted octanol–water partition coefficient (Wildman–Crippen LogP) is 3.41. The molecule has 4 nitrogen and oxygen atoms in total. The van der Waals surface area contributed by atoms with Crippen molar-refractivity contribution in [1.29, 1.82) is 5.26 Å². The van der Waals surface area contributed by atoms with E-state index in [1.807, 2.05) is 13.0 Å². The van der Waals surface area contributed by atoms with Gasteiger partial charge in [0.05, 0.1) is 11.6 Å². The monoisotopic (exact) mass is 288 g/mol. The fourth-order valence-electron chi connectivity index (χ4n) is 2.00. The number of ether oxygens (including phenoxy) is 1. The highest BCUT2D eigenvalue weighted by molar-refractivity contribution is 5.80. The number of carbonyl (C=O) groups excluding carboxylic acids is 1. The number of nitrogens with one attached hydrogen (secondary N) is 1. The van der Waals surface area contributed by atoms with E-state index in [0.29, 0.717) is 11.3 Å². The van der Waals surface area contributed by atoms with Crippen LogP contribution in [0.1, 0.15) is 52.0 Å². The van der Waals surface area contributed by atoms with Gasteiger partial charge in [-0.25, -0.2) is 0 Å². The molecule has 0 radical (unpaired) electrons. The minimum Gasteiger partial charge on any atom is -0.481 e. The van der Waals surface area contributed by atoms with Gasteiger partial charge < -0.3 is 10.1 Å². The minimum absolute atomic E-state index is 0.108. The lowest BCUT2D eigenvalue weighted by molar-refractivity contribution is -0.127. The number of benzene rings is 1. The molecule has 0 saturated carbocycles. The molecular formula is C17H24N2O2. The molecule has 0 saturated heterocycles. The van der Waals surface area contributed by atoms with Gasteiger partial charge in [0.25, 0.3) is 5.91 Å². The molecule has 0 fully saturated rings. The highest BCUT2D eigenvalue weighted by atomic mass is 16.5. The SMILES string of the molecule is CCCCCC(C)NC(=O)C(C)Oc1ccc(C#N)cc1. The molecule has 114 valence electrons. The average Bonchev–Trinajstić information content (AvgIpc) is 2.48. The molecule has 1 aromatic rings. The van der Waals surface area contributed by atoms with Crippen molar-refractivity contribution in [1.82, 2.24) is 5.32 Å². The molecule has 21 heavy (non-hydrogen) atoms. The van der Waals surface area contributed by atoms with Crippen LogP contribution < -0.4 is 10.1 Å². The summed E-state index contributed by atoms with van der Waals surface area (Å²) in [5.74, 6) is 0.485. The van der Waals surface area contributed by atoms with Crippen molar-refractivity contribution in [3.63, 3.8) is 0 Å². The number of nitrogens with zero attached hydrogens (tertiary/aromatic N) is 1. The maximum Gasteiger partial charge on any atom is 0.260 e. The number of nitriles is 1. The van der Waals surface area contributed by atoms with Gasteiger partial charge in [-0.05, 0) is 44.5 Å². The van der Waals surface area contributed by atoms with Gasteiger partial charge in [-0.15, -0.1) is 0 Å². The van der Waals surface area contributed by atoms with E-state index >= 15 is 0 Å². The van der Waals surface area contributed by atoms with Crippen LogP contribution in [0.3, 0.4) is 0 Å². The second kappa shape index (κ2) is 9.02. The summed E-state index contributed by atoms with van der Waals surface area (Å²) in [7, 11) is 0. The first-order valence-corrected chi connectivity index (χ1v) is 7.54. The molecule has 0 aliphatic carbocycles. The Morgan fingerprint density at radius 1 is 1.29 bits per heavy atom. The average molecular weight is 288 g/mol. The summed E-state index contributed by atoms with van der Waals surface area (Å²) in [6.07, 6.45) is 3.94. The quantitative estimate of drug-likeness (QED) is 0.746. The molecule has 2 atom stereocenters. The molecule has 4 heteroatoms. The maximum atomic E-state index is 12.0. The minimum atomic E-state index is -0.549. The number of hydrogen-bond acceptors (Lipinski definition) is 3. The number of unbranched alkanes of at least 4 members (excludes halogenated alkanes) is 2. The summed E-state index contributed by atoms with van der Waals surface area (Å²) in [5.41, 5.74) is 0.573. The Kier molecular flexibility index (Phi) is 7.31. The van der Waals surface area contributed by atoms with E-state index in [1.165, 1.54) is 12.8 Å². The molecule has 0 heterocycles. The second-order valence-corrected chi connectivity index (χ2v) is 5.30. The third kappa shape index (κ3) is 6.31. The zero-order valence-corrected chi connectivity index (χ0v) is 13.1. The molecule has 1 amide bonds. The molecular weight excluding hydrogens is 264 g/mol. The van der Waals surface area contributed by atoms with E-state index < -0.39 is 6.10 Å². The van der Waals surface area contributed by atoms with Crippen LogP contribution in [0.4, 0.5) is 0 Å². The predicted molar refractivity (Wildman–Crippen MR) is 83.0 cm³/mol. The zero-order valence-electron chi connectivity index (χ0n) is 13.1. The number of hydrogen-bond donors (Lipinski definition) is 1. The van der Waals surface area contributed by atoms with E-state index in [-0.39, 0.29) is 11.9 Å². The summed E-state index contributed by atoms with van der Waals surface area (Å²) in [5, 5.41) is 11.7. The summed E-state index contributed by atoms with van der Waals surface area (Å²) in [6, 6.07) is 8.96. The standard InChI is InChI=1S/C17H24N2O2/c1-4-5-6-7-13(2)19-17(20)14(3)21-16-10-8-15(12-18)9-11-16/h8-11,13-14H,4-7H2,1-3H3,(H,19,20). The lowest BCUT2D eigenvalue weighted by Crippen LogP contribution is -2.41. The molecule has 1 aromatic carbocycles. The first kappa shape index (κ1) is 17.0. The highest BCUT2D eigenvalue weighted by Crippen LogP contribution is 2.13. The Balaban J connectivity index is 2.41. The van der Waals surface area contributed by atoms with Crippen LogP contribution in [-0.4, -0.2) is 18.1 Å². The second-order valence-electron chi connectivity index (χ2n) is 5.30. The third-order valence-electron chi connectivity index (χ3n) is 3.29. The Morgan fingerprint density at radius 2 is 1.95 bits per heavy atom. The molecule has 1 rings (SSSR count). The van der Waals surface area contributed by atoms with Gasteiger partial charge in [0.15, 0.2) is 6.10 Å². The van der Waals surface area contributed by atoms with Gasteiger partial charge in [-0.3, -0.25) is 4.79 Å². The Labute approximate surface area is 127 Å². The molecule has 0 aliphatic heterocycles. The number of amides is 1. The maximum absolute atomic E-state index is 12.0. The molecule has 0 bridgehead atoms. The van der Waals surface area contributed by atoms with Crippen molar-refractivity contribution < 1.29 is 9.53 Å². The number of carbonyl (C=O) groups is 1. The van der Waals surface area contributed by atoms with Crippen LogP contribution in [0.25, 0.3) is 0 Å². The summed E-state index contributed by atoms with van der Waals surface area (Å²) < 4.78 is 5.58. The van der Waals surface area contributed by atoms with Crippen LogP contribution in [0, 0.1) is 11.3 Å². The fraction of sp³-hybridized carbons (Fsp3) is 0.529. The Morgan fingerprint density at radius 3 is 2.52 bits per heavy atom. The van der Waals surface area contributed by atoms with Gasteiger partial charge in [0, 0.05) is 6.04 Å². The van der Waals surface area contributed by atoms with Gasteiger partial charge in [-0.2, -0.15) is 5.26 Å². The van der Waals surface area contributed by atoms with Crippen molar-refractivity contribution >= 4 is 5.91 Å². The van der Waals surface area contributed by atoms with Gasteiger partial charge in [0.1, 0.15) is 5.75 Å². The van der Waals surface area contributed by atoms with Crippen molar-refractivity contribution in [2.45, 2.75) is 58.6 Å². The highest BCUT2D eigenvalue weighted by Gasteiger charge is 2.16. The van der Waals surface area contributed by atoms with E-state index in [0.717, 1.165) is 12.8 Å². The Hall–Kier alpha value is -2.02. The van der Waals surface area contributed by atoms with Crippen LogP contribution in [0.15, 0.2) is 24.3 Å². The van der Waals surface area contributed by atoms with E-state index in [4.69, 9.17) is 10.00 Å². The molecule has 2 unspecified atom stereocenters. The normalized spacial score (nSPS) is 13.0. The van der Waals surface area contributed by atoms with Crippen LogP contribution in [0.5, 0.6) is 5.75 Å². The zero-order chi connectivity index (χ0) is 15.7. The molecule has 0 aliphatic rings. The molecule has 0 aromatic heterocycles. The summed E-state index contributed by atoms with van der Waals surface area (Å²) in [6.45, 7) is 5.91. The van der Waals surface area contributed by atoms with Crippen molar-refractivity contribution in [3.8, 4) is 11.8 Å². The smallest absolute Gasteiger partial charge is 0.260 e. The summed E-state index contributed by atoms with van der Waals surface area (Å²) in [4.78, 5) is 12.0. The van der Waals surface area contributed by atoms with Crippen molar-refractivity contribution in [3.05, 3.63) is 29.8 Å². The molecule has 1 N–H and O–H groups in total. The van der Waals surface area contributed by atoms with Gasteiger partial charge in [-0.1, -0.05) is 26.2 Å². The van der Waals surface area contributed by atoms with Gasteiger partial charge in [0.2, 0.25) is 0 Å². The lowest BCUT2D eigenvalue weighted by Gasteiger charge is -2.18. The van der Waals surface area contributed by atoms with E-state index in [9.17, 15) is 4.79 Å². The van der Waals surface area contributed by atoms with Crippen LogP contribution in [-0.2, 0) is 4.79 Å². The Bertz CT molecular complexity index is 477. The third-order valence-corrected chi connectivity index (χ3v) is 3.29. The van der Waals surface area contributed by atoms with E-state index in [2.05, 4.69) is 12.2 Å². The molecule has 0 spiro atoms. The van der Waals surface area contributed by atoms with E-state index in [1.54, 1.807) is 31.2 Å². The van der Waals surface area contributed by atoms with Crippen molar-refractivity contribution in [2.24, 2.45) is 0 Å². The first-order valence-electron chi connectivity index (χ1n) is 7.54. The van der Waals surface area contributed by atoms with Crippen LogP contribution in [0.2, 0.25) is 0 Å².